The molecule has 2 aromatic rings. The van der Waals surface area contributed by atoms with E-state index in [1.165, 1.54) is 18.3 Å². The maximum Gasteiger partial charge on any atom is 0.305 e. The summed E-state index contributed by atoms with van der Waals surface area (Å²) in [4.78, 5) is 100. The molecule has 0 aliphatic rings. The summed E-state index contributed by atoms with van der Waals surface area (Å²) in [6.45, 7) is 4.32. The lowest BCUT2D eigenvalue weighted by molar-refractivity contribution is -0.140. The number of primary amides is 1. The molecule has 1 heterocycles. The van der Waals surface area contributed by atoms with Crippen LogP contribution in [0.5, 0.6) is 0 Å². The quantitative estimate of drug-likeness (QED) is 0.0591. The van der Waals surface area contributed by atoms with E-state index in [1.807, 2.05) is 18.2 Å². The van der Waals surface area contributed by atoms with Gasteiger partial charge in [-0.3, -0.25) is 38.4 Å². The van der Waals surface area contributed by atoms with Crippen molar-refractivity contribution in [3.05, 3.63) is 35.2 Å². The molecule has 2 rings (SSSR count). The van der Waals surface area contributed by atoms with E-state index in [-0.39, 0.29) is 26.1 Å². The molecular weight excluding hydrogens is 688 g/mol. The van der Waals surface area contributed by atoms with Crippen LogP contribution in [0.2, 0.25) is 0 Å². The summed E-state index contributed by atoms with van der Waals surface area (Å²) in [6.07, 6.45) is -1.16. The SMILES string of the molecule is CC(C)[C@H](NC(=O)[C@H](C)NC(=O)[C@H](CC(N)=O)NC(=O)[C@H](Cc1csc2ccccc12)NC(=O)[C@@H](N)CC(=O)O)C(=O)NCC(=O)NCCCO. The fourth-order valence-corrected chi connectivity index (χ4v) is 5.68. The lowest BCUT2D eigenvalue weighted by Crippen LogP contribution is -2.59. The van der Waals surface area contributed by atoms with Gasteiger partial charge in [0.2, 0.25) is 41.4 Å². The molecule has 19 heteroatoms. The van der Waals surface area contributed by atoms with E-state index < -0.39 is 96.3 Å². The Kier molecular flexibility index (Phi) is 16.9. The number of thiophene rings is 1. The zero-order chi connectivity index (χ0) is 38.2. The molecule has 0 aliphatic carbocycles. The molecule has 7 amide bonds. The Morgan fingerprint density at radius 2 is 1.45 bits per heavy atom. The number of benzene rings is 1. The smallest absolute Gasteiger partial charge is 0.305 e. The van der Waals surface area contributed by atoms with Crippen molar-refractivity contribution in [3.8, 4) is 0 Å². The van der Waals surface area contributed by atoms with Gasteiger partial charge in [0.25, 0.3) is 0 Å². The summed E-state index contributed by atoms with van der Waals surface area (Å²) < 4.78 is 0.899. The number of fused-ring (bicyclic) bond motifs is 1. The molecular formula is C32H46N8O10S. The normalized spacial score (nSPS) is 13.9. The molecule has 1 aromatic heterocycles. The van der Waals surface area contributed by atoms with Crippen LogP contribution in [-0.4, -0.2) is 107 Å². The lowest BCUT2D eigenvalue weighted by atomic mass is 10.0. The van der Waals surface area contributed by atoms with Gasteiger partial charge in [-0.15, -0.1) is 11.3 Å². The first kappa shape index (κ1) is 42.0. The summed E-state index contributed by atoms with van der Waals surface area (Å²) in [5.41, 5.74) is 11.7. The second kappa shape index (κ2) is 20.5. The van der Waals surface area contributed by atoms with Gasteiger partial charge in [0.15, 0.2) is 0 Å². The molecule has 0 aliphatic heterocycles. The van der Waals surface area contributed by atoms with Gasteiger partial charge in [-0.05, 0) is 41.7 Å². The van der Waals surface area contributed by atoms with Crippen molar-refractivity contribution in [2.24, 2.45) is 17.4 Å². The van der Waals surface area contributed by atoms with E-state index in [9.17, 15) is 38.4 Å². The first-order valence-corrected chi connectivity index (χ1v) is 17.0. The number of aliphatic carboxylic acids is 1. The second-order valence-electron chi connectivity index (χ2n) is 12.1. The van der Waals surface area contributed by atoms with E-state index in [0.29, 0.717) is 12.0 Å². The van der Waals surface area contributed by atoms with Gasteiger partial charge in [-0.1, -0.05) is 32.0 Å². The maximum absolute atomic E-state index is 13.6. The number of aliphatic hydroxyl groups excluding tert-OH is 1. The molecule has 280 valence electrons. The molecule has 0 saturated heterocycles. The van der Waals surface area contributed by atoms with Crippen LogP contribution < -0.4 is 43.4 Å². The van der Waals surface area contributed by atoms with Crippen LogP contribution >= 0.6 is 11.3 Å². The van der Waals surface area contributed by atoms with Gasteiger partial charge < -0.3 is 53.6 Å². The van der Waals surface area contributed by atoms with Crippen molar-refractivity contribution in [1.29, 1.82) is 0 Å². The predicted octanol–water partition coefficient (Wildman–Crippen LogP) is -2.65. The topological polar surface area (TPSA) is 301 Å². The highest BCUT2D eigenvalue weighted by Gasteiger charge is 2.32. The Morgan fingerprint density at radius 1 is 0.804 bits per heavy atom. The van der Waals surface area contributed by atoms with Crippen LogP contribution in [0, 0.1) is 5.92 Å². The number of carbonyl (C=O) groups is 8. The number of nitrogens with two attached hydrogens (primary N) is 2. The minimum atomic E-state index is -1.61. The molecule has 0 radical (unpaired) electrons. The zero-order valence-corrected chi connectivity index (χ0v) is 29.3. The Balaban J connectivity index is 2.17. The molecule has 0 saturated carbocycles. The van der Waals surface area contributed by atoms with Crippen molar-refractivity contribution >= 4 is 68.7 Å². The molecule has 51 heavy (non-hydrogen) atoms. The highest BCUT2D eigenvalue weighted by molar-refractivity contribution is 7.17. The molecule has 18 nitrogen and oxygen atoms in total. The number of carboxylic acid groups (broad SMARTS) is 1. The molecule has 12 N–H and O–H groups in total. The van der Waals surface area contributed by atoms with Gasteiger partial charge in [0.05, 0.1) is 25.4 Å². The van der Waals surface area contributed by atoms with Gasteiger partial charge in [-0.25, -0.2) is 0 Å². The lowest BCUT2D eigenvalue weighted by Gasteiger charge is -2.26. The van der Waals surface area contributed by atoms with Crippen LogP contribution in [0.3, 0.4) is 0 Å². The highest BCUT2D eigenvalue weighted by atomic mass is 32.1. The van der Waals surface area contributed by atoms with E-state index in [4.69, 9.17) is 21.7 Å². The second-order valence-corrected chi connectivity index (χ2v) is 13.0. The Bertz CT molecular complexity index is 1580. The molecule has 0 bridgehead atoms. The fourth-order valence-electron chi connectivity index (χ4n) is 4.70. The van der Waals surface area contributed by atoms with E-state index in [2.05, 4.69) is 31.9 Å². The van der Waals surface area contributed by atoms with Crippen LogP contribution in [0.4, 0.5) is 0 Å². The Labute approximate surface area is 297 Å². The van der Waals surface area contributed by atoms with Crippen LogP contribution in [-0.2, 0) is 44.8 Å². The number of rotatable bonds is 21. The number of carboxylic acids is 1. The first-order valence-electron chi connectivity index (χ1n) is 16.1. The number of carbonyl (C=O) groups excluding carboxylic acids is 7. The zero-order valence-electron chi connectivity index (χ0n) is 28.5. The van der Waals surface area contributed by atoms with Crippen molar-refractivity contribution in [1.82, 2.24) is 31.9 Å². The van der Waals surface area contributed by atoms with E-state index >= 15 is 0 Å². The number of nitrogens with one attached hydrogen (secondary N) is 6. The monoisotopic (exact) mass is 734 g/mol. The maximum atomic E-state index is 13.6. The number of aliphatic hydroxyl groups is 1. The largest absolute Gasteiger partial charge is 0.481 e. The van der Waals surface area contributed by atoms with Gasteiger partial charge in [0, 0.05) is 24.3 Å². The summed E-state index contributed by atoms with van der Waals surface area (Å²) in [5.74, 6) is -7.55. The molecule has 5 atom stereocenters. The van der Waals surface area contributed by atoms with Crippen LogP contribution in [0.25, 0.3) is 10.1 Å². The Hall–Kier alpha value is -5.14. The van der Waals surface area contributed by atoms with Gasteiger partial charge in [-0.2, -0.15) is 0 Å². The van der Waals surface area contributed by atoms with Crippen molar-refractivity contribution in [2.75, 3.05) is 19.7 Å². The fraction of sp³-hybridized carbons (Fsp3) is 0.500. The minimum absolute atomic E-state index is 0.0892. The van der Waals surface area contributed by atoms with Crippen LogP contribution in [0.15, 0.2) is 29.6 Å². The Morgan fingerprint density at radius 3 is 2.08 bits per heavy atom. The molecule has 0 unspecified atom stereocenters. The van der Waals surface area contributed by atoms with Crippen molar-refractivity contribution in [3.63, 3.8) is 0 Å². The third kappa shape index (κ3) is 13.9. The average Bonchev–Trinajstić information content (AvgIpc) is 3.47. The number of hydrogen-bond acceptors (Lipinski definition) is 11. The summed E-state index contributed by atoms with van der Waals surface area (Å²) in [7, 11) is 0. The van der Waals surface area contributed by atoms with Gasteiger partial charge in [0.1, 0.15) is 24.2 Å². The molecule has 1 aromatic carbocycles. The molecule has 0 fully saturated rings. The minimum Gasteiger partial charge on any atom is -0.481 e. The third-order valence-electron chi connectivity index (χ3n) is 7.47. The summed E-state index contributed by atoms with van der Waals surface area (Å²) in [5, 5.41) is 35.1. The molecule has 0 spiro atoms. The van der Waals surface area contributed by atoms with E-state index in [0.717, 1.165) is 10.1 Å². The predicted molar refractivity (Wildman–Crippen MR) is 186 cm³/mol. The first-order chi connectivity index (χ1) is 24.0. The average molecular weight is 735 g/mol. The summed E-state index contributed by atoms with van der Waals surface area (Å²) >= 11 is 1.39. The van der Waals surface area contributed by atoms with Crippen LogP contribution in [0.1, 0.15) is 45.6 Å². The van der Waals surface area contributed by atoms with Crippen molar-refractivity contribution in [2.45, 2.75) is 76.7 Å². The number of amides is 7. The standard InChI is InChI=1S/C32H46N8O10S/c1-16(2)27(32(50)36-14-25(43)35-9-6-10-41)40-28(46)17(3)37-30(48)22(13-24(34)42)39-31(49)21(38-29(47)20(33)12-26(44)45)11-18-15-51-23-8-5-4-7-19(18)23/h4-5,7-8,15-17,20-22,27,41H,6,9-14,33H2,1-3H3,(H2,34,42)(H,35,43)(H,36,50)(H,37,48)(H,38,47)(H,39,49)(H,40,46)(H,44,45)/t17-,20-,21-,22-,27-/m0/s1. The third-order valence-corrected chi connectivity index (χ3v) is 8.48. The van der Waals surface area contributed by atoms with Crippen molar-refractivity contribution < 1.29 is 48.6 Å². The van der Waals surface area contributed by atoms with E-state index in [1.54, 1.807) is 25.3 Å². The van der Waals surface area contributed by atoms with Gasteiger partial charge >= 0.3 is 5.97 Å². The number of hydrogen-bond donors (Lipinski definition) is 10. The summed E-state index contributed by atoms with van der Waals surface area (Å²) in [6, 6.07) is 0.427. The highest BCUT2D eigenvalue weighted by Crippen LogP contribution is 2.26.